The summed E-state index contributed by atoms with van der Waals surface area (Å²) in [6.45, 7) is 2.76. The first-order chi connectivity index (χ1) is 14.1. The molecule has 3 aromatic rings. The molecule has 1 saturated heterocycles. The summed E-state index contributed by atoms with van der Waals surface area (Å²) in [7, 11) is 0. The molecule has 0 radical (unpaired) electrons. The first-order valence-corrected chi connectivity index (χ1v) is 9.65. The van der Waals surface area contributed by atoms with Gasteiger partial charge in [-0.15, -0.1) is 0 Å². The molecule has 1 aromatic heterocycles. The second-order valence-electron chi connectivity index (χ2n) is 6.66. The van der Waals surface area contributed by atoms with E-state index < -0.39 is 0 Å². The van der Waals surface area contributed by atoms with Crippen LogP contribution in [0.3, 0.4) is 0 Å². The third-order valence-corrected chi connectivity index (χ3v) is 4.91. The number of nitrogens with one attached hydrogen (secondary N) is 2. The van der Waals surface area contributed by atoms with Gasteiger partial charge in [-0.2, -0.15) is 4.98 Å². The Kier molecular flexibility index (Phi) is 5.59. The van der Waals surface area contributed by atoms with E-state index >= 15 is 0 Å². The van der Waals surface area contributed by atoms with Gasteiger partial charge in [-0.25, -0.2) is 4.98 Å². The van der Waals surface area contributed by atoms with Gasteiger partial charge in [0.1, 0.15) is 5.82 Å². The summed E-state index contributed by atoms with van der Waals surface area (Å²) >= 11 is 5.99. The Hall–Kier alpha value is -3.16. The van der Waals surface area contributed by atoms with E-state index in [1.54, 1.807) is 6.07 Å². The topological polar surface area (TPSA) is 100 Å². The molecule has 1 aliphatic rings. The number of halogens is 1. The summed E-state index contributed by atoms with van der Waals surface area (Å²) < 4.78 is 5.45. The Bertz CT molecular complexity index is 1020. The van der Waals surface area contributed by atoms with Crippen molar-refractivity contribution in [2.75, 3.05) is 42.3 Å². The summed E-state index contributed by atoms with van der Waals surface area (Å²) in [6.07, 6.45) is 1.25. The average Bonchev–Trinajstić information content (AvgIpc) is 2.76. The molecular formula is C21H21ClN6O. The number of ether oxygens (including phenoxy) is 1. The zero-order valence-corrected chi connectivity index (χ0v) is 16.5. The number of nitrogen functional groups attached to an aromatic ring is 1. The number of rotatable bonds is 5. The Morgan fingerprint density at radius 2 is 1.83 bits per heavy atom. The van der Waals surface area contributed by atoms with E-state index in [0.717, 1.165) is 30.0 Å². The Balaban J connectivity index is 1.74. The van der Waals surface area contributed by atoms with Gasteiger partial charge in [-0.05, 0) is 36.4 Å². The largest absolute Gasteiger partial charge is 0.398 e. The Labute approximate surface area is 174 Å². The van der Waals surface area contributed by atoms with E-state index in [1.807, 2.05) is 42.5 Å². The molecule has 0 saturated carbocycles. The van der Waals surface area contributed by atoms with Gasteiger partial charge in [0, 0.05) is 52.9 Å². The molecule has 8 heteroatoms. The second kappa shape index (κ2) is 8.46. The van der Waals surface area contributed by atoms with Crippen LogP contribution in [0.15, 0.2) is 48.5 Å². The van der Waals surface area contributed by atoms with Crippen molar-refractivity contribution in [1.82, 2.24) is 9.97 Å². The number of hydrogen-bond donors (Lipinski definition) is 3. The summed E-state index contributed by atoms with van der Waals surface area (Å²) in [5.74, 6) is 1.31. The van der Waals surface area contributed by atoms with Crippen LogP contribution in [-0.4, -0.2) is 42.5 Å². The summed E-state index contributed by atoms with van der Waals surface area (Å²) in [4.78, 5) is 11.6. The molecule has 0 unspecified atom stereocenters. The van der Waals surface area contributed by atoms with Crippen LogP contribution in [0, 0.1) is 5.41 Å². The van der Waals surface area contributed by atoms with Crippen LogP contribution in [0.4, 0.5) is 23.1 Å². The fraction of sp³-hybridized carbons (Fsp3) is 0.190. The van der Waals surface area contributed by atoms with E-state index in [4.69, 9.17) is 37.4 Å². The van der Waals surface area contributed by atoms with Crippen LogP contribution in [0.2, 0.25) is 5.02 Å². The lowest BCUT2D eigenvalue weighted by atomic mass is 10.1. The maximum absolute atomic E-state index is 7.57. The zero-order chi connectivity index (χ0) is 20.2. The van der Waals surface area contributed by atoms with Crippen LogP contribution in [0.25, 0.3) is 11.3 Å². The maximum atomic E-state index is 7.57. The van der Waals surface area contributed by atoms with Crippen molar-refractivity contribution in [3.8, 4) is 11.3 Å². The minimum atomic E-state index is 0.561. The number of hydrogen-bond acceptors (Lipinski definition) is 7. The van der Waals surface area contributed by atoms with E-state index in [9.17, 15) is 0 Å². The van der Waals surface area contributed by atoms with Gasteiger partial charge < -0.3 is 26.1 Å². The minimum absolute atomic E-state index is 0.561. The highest BCUT2D eigenvalue weighted by atomic mass is 35.5. The molecule has 0 atom stereocenters. The highest BCUT2D eigenvalue weighted by molar-refractivity contribution is 6.30. The van der Waals surface area contributed by atoms with Gasteiger partial charge in [0.15, 0.2) is 0 Å². The van der Waals surface area contributed by atoms with Crippen molar-refractivity contribution in [3.05, 3.63) is 59.1 Å². The number of aromatic nitrogens is 2. The van der Waals surface area contributed by atoms with Gasteiger partial charge >= 0.3 is 0 Å². The molecule has 1 aliphatic heterocycles. The summed E-state index contributed by atoms with van der Waals surface area (Å²) in [6, 6.07) is 14.9. The fourth-order valence-electron chi connectivity index (χ4n) is 3.09. The molecule has 0 amide bonds. The average molecular weight is 409 g/mol. The van der Waals surface area contributed by atoms with Crippen LogP contribution < -0.4 is 16.0 Å². The quantitative estimate of drug-likeness (QED) is 0.436. The lowest BCUT2D eigenvalue weighted by Crippen LogP contribution is -2.37. The monoisotopic (exact) mass is 408 g/mol. The van der Waals surface area contributed by atoms with Crippen LogP contribution in [0.1, 0.15) is 5.56 Å². The summed E-state index contributed by atoms with van der Waals surface area (Å²) in [5, 5.41) is 11.6. The van der Waals surface area contributed by atoms with Crippen LogP contribution in [0.5, 0.6) is 0 Å². The molecule has 4 rings (SSSR count). The number of benzene rings is 2. The summed E-state index contributed by atoms with van der Waals surface area (Å²) in [5.41, 5.74) is 9.65. The third-order valence-electron chi connectivity index (χ3n) is 4.66. The molecule has 0 aliphatic carbocycles. The first-order valence-electron chi connectivity index (χ1n) is 9.27. The van der Waals surface area contributed by atoms with Gasteiger partial charge in [-0.3, -0.25) is 0 Å². The van der Waals surface area contributed by atoms with Crippen molar-refractivity contribution in [2.45, 2.75) is 0 Å². The third kappa shape index (κ3) is 4.47. The standard InChI is InChI=1S/C21H21ClN6O/c22-16-2-4-17(5-3-16)25-20-12-19(14-1-6-18(24)15(11-14)13-23)26-21(27-20)28-7-9-29-10-8-28/h1-6,11-13,23H,7-10,24H2,(H,25,26,27). The van der Waals surface area contributed by atoms with Crippen molar-refractivity contribution in [2.24, 2.45) is 0 Å². The predicted octanol–water partition coefficient (Wildman–Crippen LogP) is 3.96. The van der Waals surface area contributed by atoms with E-state index in [0.29, 0.717) is 41.3 Å². The highest BCUT2D eigenvalue weighted by Crippen LogP contribution is 2.27. The number of nitrogens with two attached hydrogens (primary N) is 1. The smallest absolute Gasteiger partial charge is 0.228 e. The zero-order valence-electron chi connectivity index (χ0n) is 15.7. The molecule has 4 N–H and O–H groups in total. The lowest BCUT2D eigenvalue weighted by Gasteiger charge is -2.27. The predicted molar refractivity (Wildman–Crippen MR) is 118 cm³/mol. The van der Waals surface area contributed by atoms with E-state index in [-0.39, 0.29) is 0 Å². The number of anilines is 4. The fourth-order valence-corrected chi connectivity index (χ4v) is 3.22. The number of morpholine rings is 1. The highest BCUT2D eigenvalue weighted by Gasteiger charge is 2.17. The molecular weight excluding hydrogens is 388 g/mol. The van der Waals surface area contributed by atoms with Crippen LogP contribution >= 0.6 is 11.6 Å². The van der Waals surface area contributed by atoms with Crippen LogP contribution in [-0.2, 0) is 4.74 Å². The molecule has 148 valence electrons. The van der Waals surface area contributed by atoms with Gasteiger partial charge in [-0.1, -0.05) is 17.7 Å². The van der Waals surface area contributed by atoms with Gasteiger partial charge in [0.25, 0.3) is 0 Å². The molecule has 2 heterocycles. The molecule has 2 aromatic carbocycles. The van der Waals surface area contributed by atoms with Crippen molar-refractivity contribution in [1.29, 1.82) is 5.41 Å². The number of nitrogens with zero attached hydrogens (tertiary/aromatic N) is 3. The van der Waals surface area contributed by atoms with E-state index in [2.05, 4.69) is 10.2 Å². The van der Waals surface area contributed by atoms with Crippen molar-refractivity contribution >= 4 is 41.0 Å². The Morgan fingerprint density at radius 1 is 1.07 bits per heavy atom. The lowest BCUT2D eigenvalue weighted by molar-refractivity contribution is 0.122. The molecule has 1 fully saturated rings. The normalized spacial score (nSPS) is 13.9. The second-order valence-corrected chi connectivity index (χ2v) is 7.09. The minimum Gasteiger partial charge on any atom is -0.398 e. The molecule has 29 heavy (non-hydrogen) atoms. The van der Waals surface area contributed by atoms with Gasteiger partial charge in [0.2, 0.25) is 5.95 Å². The van der Waals surface area contributed by atoms with Gasteiger partial charge in [0.05, 0.1) is 18.9 Å². The molecule has 0 spiro atoms. The maximum Gasteiger partial charge on any atom is 0.228 e. The van der Waals surface area contributed by atoms with Crippen molar-refractivity contribution < 1.29 is 4.74 Å². The molecule has 0 bridgehead atoms. The SMILES string of the molecule is N=Cc1cc(-c2cc(Nc3ccc(Cl)cc3)nc(N3CCOCC3)n2)ccc1N. The molecule has 7 nitrogen and oxygen atoms in total. The van der Waals surface area contributed by atoms with E-state index in [1.165, 1.54) is 6.21 Å². The first kappa shape index (κ1) is 19.2. The Morgan fingerprint density at radius 3 is 2.55 bits per heavy atom. The van der Waals surface area contributed by atoms with Crippen molar-refractivity contribution in [3.63, 3.8) is 0 Å².